The Morgan fingerprint density at radius 2 is 1.59 bits per heavy atom. The van der Waals surface area contributed by atoms with Gasteiger partial charge in [-0.15, -0.1) is 0 Å². The molecule has 1 aromatic heterocycles. The van der Waals surface area contributed by atoms with E-state index >= 15 is 0 Å². The molecule has 0 unspecified atom stereocenters. The molecule has 3 aromatic rings. The van der Waals surface area contributed by atoms with Crippen molar-refractivity contribution in [2.75, 3.05) is 0 Å². The molecule has 0 saturated heterocycles. The van der Waals surface area contributed by atoms with Crippen LogP contribution in [0.25, 0.3) is 22.4 Å². The summed E-state index contributed by atoms with van der Waals surface area (Å²) in [5.41, 5.74) is -1.05. The fourth-order valence-corrected chi connectivity index (χ4v) is 3.54. The maximum absolute atomic E-state index is 14.5. The van der Waals surface area contributed by atoms with E-state index in [4.69, 9.17) is 11.6 Å². The highest BCUT2D eigenvalue weighted by Crippen LogP contribution is 2.39. The summed E-state index contributed by atoms with van der Waals surface area (Å²) in [6, 6.07) is 5.87. The van der Waals surface area contributed by atoms with Crippen LogP contribution >= 0.6 is 27.5 Å². The summed E-state index contributed by atoms with van der Waals surface area (Å²) in [5.74, 6) is -4.09. The van der Waals surface area contributed by atoms with E-state index in [2.05, 4.69) is 15.9 Å². The minimum atomic E-state index is -1.19. The predicted molar refractivity (Wildman–Crippen MR) is 99.8 cm³/mol. The molecule has 27 heavy (non-hydrogen) atoms. The normalized spacial score (nSPS) is 11.1. The lowest BCUT2D eigenvalue weighted by molar-refractivity contribution is 0.545. The second-order valence-corrected chi connectivity index (χ2v) is 6.93. The standard InChI is InChI=1S/C19H11BrClF4NO/c1-2-26-18(17-15(24)6-10(23)7-16(17)25)12(8-13(20)19(26)27)11-5-9(22)3-4-14(11)21/h3-8H,2H2,1H3. The van der Waals surface area contributed by atoms with Gasteiger partial charge in [0.15, 0.2) is 0 Å². The zero-order chi connectivity index (χ0) is 19.9. The fourth-order valence-electron chi connectivity index (χ4n) is 2.88. The lowest BCUT2D eigenvalue weighted by Gasteiger charge is -2.19. The molecular weight excluding hydrogens is 450 g/mol. The Kier molecular flexibility index (Phi) is 5.44. The molecule has 0 amide bonds. The van der Waals surface area contributed by atoms with E-state index in [0.717, 1.165) is 16.7 Å². The van der Waals surface area contributed by atoms with Crippen LogP contribution in [0.1, 0.15) is 6.92 Å². The second-order valence-electron chi connectivity index (χ2n) is 5.67. The molecule has 0 spiro atoms. The van der Waals surface area contributed by atoms with Crippen LogP contribution in [0.3, 0.4) is 0 Å². The quantitative estimate of drug-likeness (QED) is 0.428. The summed E-state index contributed by atoms with van der Waals surface area (Å²) < 4.78 is 57.4. The number of hydrogen-bond donors (Lipinski definition) is 0. The second kappa shape index (κ2) is 7.48. The summed E-state index contributed by atoms with van der Waals surface area (Å²) >= 11 is 9.28. The largest absolute Gasteiger partial charge is 0.307 e. The van der Waals surface area contributed by atoms with Crippen LogP contribution in [0, 0.1) is 23.3 Å². The number of nitrogens with zero attached hydrogens (tertiary/aromatic N) is 1. The lowest BCUT2D eigenvalue weighted by atomic mass is 9.97. The Labute approximate surface area is 165 Å². The van der Waals surface area contributed by atoms with Crippen LogP contribution < -0.4 is 5.56 Å². The average molecular weight is 461 g/mol. The third kappa shape index (κ3) is 3.53. The van der Waals surface area contributed by atoms with Gasteiger partial charge in [0.05, 0.1) is 15.7 Å². The molecule has 2 aromatic carbocycles. The van der Waals surface area contributed by atoms with Gasteiger partial charge >= 0.3 is 0 Å². The van der Waals surface area contributed by atoms with Crippen LogP contribution in [-0.4, -0.2) is 4.57 Å². The van der Waals surface area contributed by atoms with Crippen molar-refractivity contribution in [1.29, 1.82) is 0 Å². The van der Waals surface area contributed by atoms with E-state index in [9.17, 15) is 22.4 Å². The molecule has 0 bridgehead atoms. The SMILES string of the molecule is CCn1c(-c2c(F)cc(F)cc2F)c(-c2cc(F)ccc2Cl)cc(Br)c1=O. The van der Waals surface area contributed by atoms with Gasteiger partial charge in [-0.3, -0.25) is 4.79 Å². The van der Waals surface area contributed by atoms with E-state index in [-0.39, 0.29) is 32.9 Å². The van der Waals surface area contributed by atoms with Gasteiger partial charge in [-0.25, -0.2) is 17.6 Å². The predicted octanol–water partition coefficient (Wildman–Crippen LogP) is 6.17. The van der Waals surface area contributed by atoms with Crippen LogP contribution in [-0.2, 0) is 6.54 Å². The maximum Gasteiger partial charge on any atom is 0.265 e. The van der Waals surface area contributed by atoms with Crippen molar-refractivity contribution >= 4 is 27.5 Å². The molecular formula is C19H11BrClF4NO. The van der Waals surface area contributed by atoms with Gasteiger partial charge in [0.1, 0.15) is 23.3 Å². The average Bonchev–Trinajstić information content (AvgIpc) is 2.59. The Bertz CT molecular complexity index is 1090. The number of aromatic nitrogens is 1. The number of benzene rings is 2. The first-order chi connectivity index (χ1) is 12.7. The van der Waals surface area contributed by atoms with E-state index in [1.54, 1.807) is 6.92 Å². The Morgan fingerprint density at radius 1 is 0.963 bits per heavy atom. The van der Waals surface area contributed by atoms with Crippen LogP contribution in [0.15, 0.2) is 45.7 Å². The Balaban J connectivity index is 2.52. The van der Waals surface area contributed by atoms with Gasteiger partial charge in [-0.1, -0.05) is 11.6 Å². The van der Waals surface area contributed by atoms with Gasteiger partial charge in [0.2, 0.25) is 0 Å². The molecule has 0 atom stereocenters. The van der Waals surface area contributed by atoms with Gasteiger partial charge in [-0.05, 0) is 47.1 Å². The van der Waals surface area contributed by atoms with Crippen molar-refractivity contribution < 1.29 is 17.6 Å². The highest BCUT2D eigenvalue weighted by Gasteiger charge is 2.24. The fraction of sp³-hybridized carbons (Fsp3) is 0.105. The van der Waals surface area contributed by atoms with Crippen molar-refractivity contribution in [2.45, 2.75) is 13.5 Å². The molecule has 0 N–H and O–H groups in total. The molecule has 1 heterocycles. The first-order valence-electron chi connectivity index (χ1n) is 7.78. The van der Waals surface area contributed by atoms with Crippen LogP contribution in [0.4, 0.5) is 17.6 Å². The third-order valence-corrected chi connectivity index (χ3v) is 4.92. The van der Waals surface area contributed by atoms with Crippen molar-refractivity contribution in [1.82, 2.24) is 4.57 Å². The highest BCUT2D eigenvalue weighted by atomic mass is 79.9. The smallest absolute Gasteiger partial charge is 0.265 e. The Hall–Kier alpha value is -2.12. The van der Waals surface area contributed by atoms with Crippen LogP contribution in [0.2, 0.25) is 5.02 Å². The van der Waals surface area contributed by atoms with Crippen molar-refractivity contribution in [3.63, 3.8) is 0 Å². The number of hydrogen-bond acceptors (Lipinski definition) is 1. The maximum atomic E-state index is 14.5. The van der Waals surface area contributed by atoms with Gasteiger partial charge in [0, 0.05) is 34.8 Å². The summed E-state index contributed by atoms with van der Waals surface area (Å²) in [5, 5.41) is 0.119. The minimum absolute atomic E-state index is 0.0593. The molecule has 2 nitrogen and oxygen atoms in total. The summed E-state index contributed by atoms with van der Waals surface area (Å²) in [4.78, 5) is 12.5. The van der Waals surface area contributed by atoms with Crippen molar-refractivity contribution in [2.24, 2.45) is 0 Å². The molecule has 0 aliphatic rings. The summed E-state index contributed by atoms with van der Waals surface area (Å²) in [6.07, 6.45) is 0. The highest BCUT2D eigenvalue weighted by molar-refractivity contribution is 9.10. The van der Waals surface area contributed by atoms with Crippen LogP contribution in [0.5, 0.6) is 0 Å². The van der Waals surface area contributed by atoms with Crippen molar-refractivity contribution in [3.05, 3.63) is 79.5 Å². The third-order valence-electron chi connectivity index (χ3n) is 4.02. The molecule has 0 fully saturated rings. The van der Waals surface area contributed by atoms with E-state index in [1.165, 1.54) is 12.1 Å². The first-order valence-corrected chi connectivity index (χ1v) is 8.95. The molecule has 140 valence electrons. The summed E-state index contributed by atoms with van der Waals surface area (Å²) in [6.45, 7) is 1.66. The van der Waals surface area contributed by atoms with Gasteiger partial charge in [-0.2, -0.15) is 0 Å². The van der Waals surface area contributed by atoms with E-state index in [0.29, 0.717) is 12.1 Å². The Morgan fingerprint density at radius 3 is 2.19 bits per heavy atom. The monoisotopic (exact) mass is 459 g/mol. The lowest BCUT2D eigenvalue weighted by Crippen LogP contribution is -2.23. The zero-order valence-electron chi connectivity index (χ0n) is 13.8. The number of rotatable bonds is 3. The number of pyridine rings is 1. The zero-order valence-corrected chi connectivity index (χ0v) is 16.1. The molecule has 0 radical (unpaired) electrons. The van der Waals surface area contributed by atoms with Gasteiger partial charge < -0.3 is 4.57 Å². The molecule has 0 saturated carbocycles. The van der Waals surface area contributed by atoms with E-state index in [1.807, 2.05) is 0 Å². The molecule has 8 heteroatoms. The summed E-state index contributed by atoms with van der Waals surface area (Å²) in [7, 11) is 0. The molecule has 3 rings (SSSR count). The molecule has 0 aliphatic heterocycles. The number of halogens is 6. The van der Waals surface area contributed by atoms with Crippen molar-refractivity contribution in [3.8, 4) is 22.4 Å². The topological polar surface area (TPSA) is 22.0 Å². The van der Waals surface area contributed by atoms with Gasteiger partial charge in [0.25, 0.3) is 5.56 Å². The first kappa shape index (κ1) is 19.6. The molecule has 0 aliphatic carbocycles. The van der Waals surface area contributed by atoms with E-state index < -0.39 is 34.4 Å². The minimum Gasteiger partial charge on any atom is -0.307 e.